The lowest BCUT2D eigenvalue weighted by atomic mass is 10.1. The van der Waals surface area contributed by atoms with E-state index in [1.54, 1.807) is 11.0 Å². The molecule has 0 aliphatic carbocycles. The van der Waals surface area contributed by atoms with Gasteiger partial charge in [-0.3, -0.25) is 4.79 Å². The van der Waals surface area contributed by atoms with E-state index in [-0.39, 0.29) is 5.91 Å². The number of hydrogen-bond donors (Lipinski definition) is 0. The van der Waals surface area contributed by atoms with Crippen molar-refractivity contribution in [2.45, 2.75) is 19.3 Å². The maximum atomic E-state index is 12.5. The predicted octanol–water partition coefficient (Wildman–Crippen LogP) is 4.41. The summed E-state index contributed by atoms with van der Waals surface area (Å²) in [6, 6.07) is 16.0. The van der Waals surface area contributed by atoms with Gasteiger partial charge in [-0.05, 0) is 55.2 Å². The Hall–Kier alpha value is -2.26. The van der Waals surface area contributed by atoms with Gasteiger partial charge < -0.3 is 9.80 Å². The van der Waals surface area contributed by atoms with Crippen LogP contribution in [-0.2, 0) is 11.2 Å². The van der Waals surface area contributed by atoms with Crippen LogP contribution < -0.4 is 9.80 Å². The Bertz CT molecular complexity index is 798. The second-order valence-corrected chi connectivity index (χ2v) is 6.71. The highest BCUT2D eigenvalue weighted by Gasteiger charge is 2.28. The lowest BCUT2D eigenvalue weighted by molar-refractivity contribution is -0.113. The Morgan fingerprint density at radius 2 is 1.71 bits per heavy atom. The Morgan fingerprint density at radius 3 is 2.54 bits per heavy atom. The van der Waals surface area contributed by atoms with Gasteiger partial charge in [0.25, 0.3) is 5.91 Å². The molecule has 2 aromatic carbocycles. The molecule has 0 fully saturated rings. The van der Waals surface area contributed by atoms with Crippen molar-refractivity contribution in [1.82, 2.24) is 0 Å². The number of carbonyl (C=O) groups is 1. The van der Waals surface area contributed by atoms with Gasteiger partial charge in [0.1, 0.15) is 0 Å². The highest BCUT2D eigenvalue weighted by Crippen LogP contribution is 2.32. The van der Waals surface area contributed by atoms with E-state index in [2.05, 4.69) is 29.2 Å². The molecule has 0 N–H and O–H groups in total. The van der Waals surface area contributed by atoms with Crippen molar-refractivity contribution >= 4 is 28.9 Å². The summed E-state index contributed by atoms with van der Waals surface area (Å²) in [5.74, 6) is 0.0362. The molecule has 0 atom stereocenters. The molecule has 0 aromatic heterocycles. The molecule has 2 aliphatic heterocycles. The van der Waals surface area contributed by atoms with Gasteiger partial charge in [0.15, 0.2) is 0 Å². The van der Waals surface area contributed by atoms with Gasteiger partial charge in [0.2, 0.25) is 0 Å². The van der Waals surface area contributed by atoms with E-state index in [0.717, 1.165) is 30.8 Å². The summed E-state index contributed by atoms with van der Waals surface area (Å²) in [7, 11) is 0. The summed E-state index contributed by atoms with van der Waals surface area (Å²) in [5, 5.41) is 0.681. The van der Waals surface area contributed by atoms with E-state index >= 15 is 0 Å². The molecule has 2 aliphatic rings. The minimum Gasteiger partial charge on any atom is -0.343 e. The molecule has 3 nitrogen and oxygen atoms in total. The van der Waals surface area contributed by atoms with Crippen molar-refractivity contribution in [3.05, 3.63) is 70.9 Å². The number of aryl methyl sites for hydroxylation is 1. The topological polar surface area (TPSA) is 23.6 Å². The SMILES string of the molecule is O=C1C=C(N2CCCCc3ccccc32)CN1c1ccc(Cl)cc1. The largest absolute Gasteiger partial charge is 0.343 e. The molecule has 0 saturated carbocycles. The molecular formula is C20H19ClN2O. The van der Waals surface area contributed by atoms with Crippen LogP contribution in [0.15, 0.2) is 60.3 Å². The third kappa shape index (κ3) is 2.80. The number of amides is 1. The minimum atomic E-state index is 0.0362. The number of nitrogens with zero attached hydrogens (tertiary/aromatic N) is 2. The summed E-state index contributed by atoms with van der Waals surface area (Å²) in [4.78, 5) is 16.6. The van der Waals surface area contributed by atoms with Crippen molar-refractivity contribution < 1.29 is 4.79 Å². The summed E-state index contributed by atoms with van der Waals surface area (Å²) in [5.41, 5.74) is 4.57. The number of halogens is 1. The van der Waals surface area contributed by atoms with Gasteiger partial charge in [-0.2, -0.15) is 0 Å². The fourth-order valence-electron chi connectivity index (χ4n) is 3.50. The van der Waals surface area contributed by atoms with Crippen LogP contribution in [0.3, 0.4) is 0 Å². The number of fused-ring (bicyclic) bond motifs is 1. The van der Waals surface area contributed by atoms with E-state index in [1.165, 1.54) is 17.7 Å². The third-order valence-electron chi connectivity index (χ3n) is 4.72. The van der Waals surface area contributed by atoms with Crippen LogP contribution in [0.25, 0.3) is 0 Å². The van der Waals surface area contributed by atoms with E-state index in [1.807, 2.05) is 24.3 Å². The zero-order chi connectivity index (χ0) is 16.5. The lowest BCUT2D eigenvalue weighted by Gasteiger charge is -2.27. The second kappa shape index (κ2) is 6.33. The van der Waals surface area contributed by atoms with E-state index in [0.29, 0.717) is 11.6 Å². The molecule has 0 spiro atoms. The maximum absolute atomic E-state index is 12.5. The third-order valence-corrected chi connectivity index (χ3v) is 4.97. The van der Waals surface area contributed by atoms with Gasteiger partial charge in [0, 0.05) is 34.7 Å². The normalized spacial score (nSPS) is 17.5. The van der Waals surface area contributed by atoms with Gasteiger partial charge in [-0.1, -0.05) is 29.8 Å². The van der Waals surface area contributed by atoms with E-state index in [9.17, 15) is 4.79 Å². The average Bonchev–Trinajstić information content (AvgIpc) is 2.85. The molecule has 0 radical (unpaired) electrons. The molecule has 122 valence electrons. The minimum absolute atomic E-state index is 0.0362. The first-order valence-corrected chi connectivity index (χ1v) is 8.73. The van der Waals surface area contributed by atoms with Crippen LogP contribution in [0.5, 0.6) is 0 Å². The van der Waals surface area contributed by atoms with Crippen molar-refractivity contribution in [2.75, 3.05) is 22.9 Å². The number of carbonyl (C=O) groups excluding carboxylic acids is 1. The van der Waals surface area contributed by atoms with Crippen molar-refractivity contribution in [1.29, 1.82) is 0 Å². The fourth-order valence-corrected chi connectivity index (χ4v) is 3.62. The molecule has 0 unspecified atom stereocenters. The first kappa shape index (κ1) is 15.3. The van der Waals surface area contributed by atoms with Gasteiger partial charge in [-0.15, -0.1) is 0 Å². The average molecular weight is 339 g/mol. The zero-order valence-corrected chi connectivity index (χ0v) is 14.2. The van der Waals surface area contributed by atoms with Crippen LogP contribution in [-0.4, -0.2) is 19.0 Å². The molecule has 2 heterocycles. The van der Waals surface area contributed by atoms with Crippen molar-refractivity contribution in [3.63, 3.8) is 0 Å². The summed E-state index contributed by atoms with van der Waals surface area (Å²) in [6.07, 6.45) is 5.21. The second-order valence-electron chi connectivity index (χ2n) is 6.27. The Labute approximate surface area is 147 Å². The molecule has 24 heavy (non-hydrogen) atoms. The maximum Gasteiger partial charge on any atom is 0.253 e. The van der Waals surface area contributed by atoms with Crippen molar-refractivity contribution in [3.8, 4) is 0 Å². The molecular weight excluding hydrogens is 320 g/mol. The van der Waals surface area contributed by atoms with Crippen LogP contribution in [0, 0.1) is 0 Å². The van der Waals surface area contributed by atoms with Crippen LogP contribution in [0.1, 0.15) is 18.4 Å². The number of benzene rings is 2. The Kier molecular flexibility index (Phi) is 4.03. The van der Waals surface area contributed by atoms with Crippen LogP contribution in [0.4, 0.5) is 11.4 Å². The van der Waals surface area contributed by atoms with Gasteiger partial charge in [-0.25, -0.2) is 0 Å². The first-order chi connectivity index (χ1) is 11.7. The number of para-hydroxylation sites is 1. The predicted molar refractivity (Wildman–Crippen MR) is 98.6 cm³/mol. The smallest absolute Gasteiger partial charge is 0.253 e. The Morgan fingerprint density at radius 1 is 0.917 bits per heavy atom. The summed E-state index contributed by atoms with van der Waals surface area (Å²) in [6.45, 7) is 1.57. The van der Waals surface area contributed by atoms with E-state index in [4.69, 9.17) is 11.6 Å². The molecule has 0 bridgehead atoms. The summed E-state index contributed by atoms with van der Waals surface area (Å²) < 4.78 is 0. The highest BCUT2D eigenvalue weighted by molar-refractivity contribution is 6.30. The molecule has 1 amide bonds. The number of hydrogen-bond acceptors (Lipinski definition) is 2. The monoisotopic (exact) mass is 338 g/mol. The molecule has 2 aromatic rings. The number of rotatable bonds is 2. The molecule has 4 rings (SSSR count). The first-order valence-electron chi connectivity index (χ1n) is 8.35. The summed E-state index contributed by atoms with van der Waals surface area (Å²) >= 11 is 5.95. The van der Waals surface area contributed by atoms with Gasteiger partial charge in [0.05, 0.1) is 6.54 Å². The quantitative estimate of drug-likeness (QED) is 0.809. The Balaban J connectivity index is 1.63. The van der Waals surface area contributed by atoms with Gasteiger partial charge >= 0.3 is 0 Å². The fraction of sp³-hybridized carbons (Fsp3) is 0.250. The van der Waals surface area contributed by atoms with Crippen molar-refractivity contribution in [2.24, 2.45) is 0 Å². The molecule has 0 saturated heterocycles. The number of anilines is 2. The van der Waals surface area contributed by atoms with Crippen LogP contribution in [0.2, 0.25) is 5.02 Å². The zero-order valence-electron chi connectivity index (χ0n) is 13.4. The lowest BCUT2D eigenvalue weighted by Crippen LogP contribution is -2.30. The molecule has 4 heteroatoms. The standard InChI is InChI=1S/C20H19ClN2O/c21-16-8-10-17(11-9-16)23-14-18(13-20(23)24)22-12-4-3-6-15-5-1-2-7-19(15)22/h1-2,5,7-11,13H,3-4,6,12,14H2. The van der Waals surface area contributed by atoms with E-state index < -0.39 is 0 Å². The highest BCUT2D eigenvalue weighted by atomic mass is 35.5. The van der Waals surface area contributed by atoms with Crippen LogP contribution >= 0.6 is 11.6 Å².